The first-order valence-electron chi connectivity index (χ1n) is 7.08. The highest BCUT2D eigenvalue weighted by atomic mass is 32.2. The van der Waals surface area contributed by atoms with Crippen LogP contribution in [0.2, 0.25) is 0 Å². The molecule has 0 aliphatic rings. The quantitative estimate of drug-likeness (QED) is 0.802. The monoisotopic (exact) mass is 352 g/mol. The van der Waals surface area contributed by atoms with Crippen LogP contribution in [-0.2, 0) is 14.8 Å². The van der Waals surface area contributed by atoms with E-state index in [4.69, 9.17) is 4.74 Å². The predicted octanol–water partition coefficient (Wildman–Crippen LogP) is 2.60. The van der Waals surface area contributed by atoms with Gasteiger partial charge in [0.1, 0.15) is 11.6 Å². The van der Waals surface area contributed by atoms with Gasteiger partial charge in [-0.1, -0.05) is 0 Å². The van der Waals surface area contributed by atoms with Crippen LogP contribution in [0.4, 0.5) is 15.8 Å². The molecule has 8 heteroatoms. The summed E-state index contributed by atoms with van der Waals surface area (Å²) >= 11 is 0. The normalized spacial score (nSPS) is 10.9. The molecule has 2 aromatic rings. The Balaban J connectivity index is 1.78. The number of ether oxygens (including phenoxy) is 1. The van der Waals surface area contributed by atoms with E-state index >= 15 is 0 Å². The van der Waals surface area contributed by atoms with Crippen LogP contribution in [-0.4, -0.2) is 27.2 Å². The van der Waals surface area contributed by atoms with Crippen LogP contribution >= 0.6 is 0 Å². The summed E-state index contributed by atoms with van der Waals surface area (Å²) in [4.78, 5) is 11.8. The van der Waals surface area contributed by atoms with E-state index in [1.165, 1.54) is 24.3 Å². The van der Waals surface area contributed by atoms with Crippen LogP contribution in [0.25, 0.3) is 0 Å². The second kappa shape index (κ2) is 7.78. The van der Waals surface area contributed by atoms with Crippen molar-refractivity contribution in [2.24, 2.45) is 0 Å². The van der Waals surface area contributed by atoms with Gasteiger partial charge in [0.15, 0.2) is 0 Å². The average Bonchev–Trinajstić information content (AvgIpc) is 2.50. The standard InChI is InChI=1S/C16H17FN2O4S/c1-24(21,22)19-14-6-4-13(5-7-14)18-16(20)10-11-23-15-8-2-12(17)3-9-15/h2-9,19H,10-11H2,1H3,(H,18,20). The van der Waals surface area contributed by atoms with Crippen LogP contribution in [0.1, 0.15) is 6.42 Å². The summed E-state index contributed by atoms with van der Waals surface area (Å²) in [6.07, 6.45) is 1.19. The largest absolute Gasteiger partial charge is 0.493 e. The Morgan fingerprint density at radius 1 is 1.04 bits per heavy atom. The zero-order valence-electron chi connectivity index (χ0n) is 13.0. The molecule has 0 aromatic heterocycles. The van der Waals surface area contributed by atoms with Crippen molar-refractivity contribution in [2.75, 3.05) is 22.9 Å². The van der Waals surface area contributed by atoms with E-state index < -0.39 is 10.0 Å². The number of halogens is 1. The Bertz CT molecular complexity index is 790. The summed E-state index contributed by atoms with van der Waals surface area (Å²) < 4.78 is 42.6. The van der Waals surface area contributed by atoms with Gasteiger partial charge in [-0.3, -0.25) is 9.52 Å². The Morgan fingerprint density at radius 2 is 1.62 bits per heavy atom. The molecule has 0 unspecified atom stereocenters. The molecule has 0 atom stereocenters. The van der Waals surface area contributed by atoms with Crippen LogP contribution in [0, 0.1) is 5.82 Å². The molecule has 24 heavy (non-hydrogen) atoms. The lowest BCUT2D eigenvalue weighted by molar-refractivity contribution is -0.116. The van der Waals surface area contributed by atoms with Crippen LogP contribution in [0.5, 0.6) is 5.75 Å². The van der Waals surface area contributed by atoms with Gasteiger partial charge in [-0.05, 0) is 48.5 Å². The predicted molar refractivity (Wildman–Crippen MR) is 90.1 cm³/mol. The zero-order valence-corrected chi connectivity index (χ0v) is 13.8. The molecule has 0 spiro atoms. The molecule has 1 amide bonds. The minimum atomic E-state index is -3.33. The number of nitrogens with one attached hydrogen (secondary N) is 2. The molecule has 0 saturated heterocycles. The van der Waals surface area contributed by atoms with Gasteiger partial charge in [0.25, 0.3) is 0 Å². The van der Waals surface area contributed by atoms with Gasteiger partial charge in [-0.15, -0.1) is 0 Å². The van der Waals surface area contributed by atoms with Crippen molar-refractivity contribution >= 4 is 27.3 Å². The van der Waals surface area contributed by atoms with Crippen molar-refractivity contribution in [3.05, 3.63) is 54.3 Å². The van der Waals surface area contributed by atoms with Crippen molar-refractivity contribution in [1.82, 2.24) is 0 Å². The molecule has 0 radical (unpaired) electrons. The van der Waals surface area contributed by atoms with Crippen molar-refractivity contribution in [3.8, 4) is 5.75 Å². The molecule has 0 bridgehead atoms. The van der Waals surface area contributed by atoms with E-state index in [2.05, 4.69) is 10.0 Å². The summed E-state index contributed by atoms with van der Waals surface area (Å²) in [5.41, 5.74) is 0.955. The highest BCUT2D eigenvalue weighted by molar-refractivity contribution is 7.92. The first-order valence-corrected chi connectivity index (χ1v) is 8.97. The number of carbonyl (C=O) groups excluding carboxylic acids is 1. The maximum Gasteiger partial charge on any atom is 0.229 e. The van der Waals surface area contributed by atoms with Crippen LogP contribution in [0.3, 0.4) is 0 Å². The lowest BCUT2D eigenvalue weighted by atomic mass is 10.3. The number of amides is 1. The first kappa shape index (κ1) is 17.7. The van der Waals surface area contributed by atoms with Gasteiger partial charge < -0.3 is 10.1 Å². The lowest BCUT2D eigenvalue weighted by Crippen LogP contribution is -2.15. The van der Waals surface area contributed by atoms with Crippen molar-refractivity contribution < 1.29 is 22.3 Å². The third-order valence-electron chi connectivity index (χ3n) is 2.88. The molecule has 6 nitrogen and oxygen atoms in total. The second-order valence-corrected chi connectivity index (χ2v) is 6.80. The SMILES string of the molecule is CS(=O)(=O)Nc1ccc(NC(=O)CCOc2ccc(F)cc2)cc1. The summed E-state index contributed by atoms with van der Waals surface area (Å²) in [5, 5.41) is 2.67. The molecule has 0 aliphatic carbocycles. The summed E-state index contributed by atoms with van der Waals surface area (Å²) in [6, 6.07) is 11.8. The van der Waals surface area contributed by atoms with Gasteiger partial charge in [-0.2, -0.15) is 0 Å². The van der Waals surface area contributed by atoms with E-state index in [0.717, 1.165) is 6.26 Å². The zero-order chi connectivity index (χ0) is 17.6. The molecule has 128 valence electrons. The highest BCUT2D eigenvalue weighted by Gasteiger charge is 2.05. The number of benzene rings is 2. The van der Waals surface area contributed by atoms with E-state index in [1.807, 2.05) is 0 Å². The maximum atomic E-state index is 12.7. The van der Waals surface area contributed by atoms with Gasteiger partial charge in [0.2, 0.25) is 15.9 Å². The second-order valence-electron chi connectivity index (χ2n) is 5.05. The molecule has 2 N–H and O–H groups in total. The Labute approximate surface area is 139 Å². The van der Waals surface area contributed by atoms with Gasteiger partial charge >= 0.3 is 0 Å². The van der Waals surface area contributed by atoms with Crippen molar-refractivity contribution in [1.29, 1.82) is 0 Å². The van der Waals surface area contributed by atoms with Gasteiger partial charge in [-0.25, -0.2) is 12.8 Å². The van der Waals surface area contributed by atoms with E-state index in [9.17, 15) is 17.6 Å². The smallest absolute Gasteiger partial charge is 0.229 e. The topological polar surface area (TPSA) is 84.5 Å². The molecule has 0 saturated carbocycles. The number of hydrogen-bond donors (Lipinski definition) is 2. The highest BCUT2D eigenvalue weighted by Crippen LogP contribution is 2.15. The van der Waals surface area contributed by atoms with E-state index in [-0.39, 0.29) is 24.8 Å². The molecule has 0 fully saturated rings. The third-order valence-corrected chi connectivity index (χ3v) is 3.49. The lowest BCUT2D eigenvalue weighted by Gasteiger charge is -2.08. The number of sulfonamides is 1. The van der Waals surface area contributed by atoms with Crippen LogP contribution in [0.15, 0.2) is 48.5 Å². The Hall–Kier alpha value is -2.61. The molecule has 2 aromatic carbocycles. The number of anilines is 2. The molecule has 0 aliphatic heterocycles. The minimum Gasteiger partial charge on any atom is -0.493 e. The maximum absolute atomic E-state index is 12.7. The number of carbonyl (C=O) groups is 1. The fourth-order valence-corrected chi connectivity index (χ4v) is 2.42. The number of rotatable bonds is 7. The van der Waals surface area contributed by atoms with Gasteiger partial charge in [0.05, 0.1) is 19.3 Å². The van der Waals surface area contributed by atoms with Gasteiger partial charge in [0, 0.05) is 11.4 Å². The third kappa shape index (κ3) is 6.25. The average molecular weight is 352 g/mol. The number of hydrogen-bond acceptors (Lipinski definition) is 4. The minimum absolute atomic E-state index is 0.126. The first-order chi connectivity index (χ1) is 11.3. The Kier molecular flexibility index (Phi) is 5.75. The summed E-state index contributed by atoms with van der Waals surface area (Å²) in [7, 11) is -3.33. The molecular weight excluding hydrogens is 335 g/mol. The van der Waals surface area contributed by atoms with Crippen molar-refractivity contribution in [2.45, 2.75) is 6.42 Å². The molecule has 2 rings (SSSR count). The fraction of sp³-hybridized carbons (Fsp3) is 0.188. The molecule has 0 heterocycles. The molecular formula is C16H17FN2O4S. The Morgan fingerprint density at radius 3 is 2.21 bits per heavy atom. The fourth-order valence-electron chi connectivity index (χ4n) is 1.85. The van der Waals surface area contributed by atoms with Crippen LogP contribution < -0.4 is 14.8 Å². The van der Waals surface area contributed by atoms with E-state index in [1.54, 1.807) is 24.3 Å². The summed E-state index contributed by atoms with van der Waals surface area (Å²) in [6.45, 7) is 0.158. The summed E-state index contributed by atoms with van der Waals surface area (Å²) in [5.74, 6) is -0.116. The van der Waals surface area contributed by atoms with E-state index in [0.29, 0.717) is 17.1 Å². The van der Waals surface area contributed by atoms with Crippen molar-refractivity contribution in [3.63, 3.8) is 0 Å².